The van der Waals surface area contributed by atoms with Crippen LogP contribution in [0.15, 0.2) is 59.2 Å². The Labute approximate surface area is 214 Å². The normalized spacial score (nSPS) is 18.1. The Morgan fingerprint density at radius 3 is 2.48 bits per heavy atom. The highest BCUT2D eigenvalue weighted by Gasteiger charge is 2.41. The minimum Gasteiger partial charge on any atom is -0.486 e. The van der Waals surface area contributed by atoms with Crippen molar-refractivity contribution >= 4 is 57.5 Å². The average Bonchev–Trinajstić information content (AvgIpc) is 2.78. The summed E-state index contributed by atoms with van der Waals surface area (Å²) in [5, 5.41) is 0.505. The third-order valence-corrected chi connectivity index (χ3v) is 6.82. The number of benzene rings is 2. The molecule has 1 atom stereocenters. The number of Topliss-reactive ketones (excluding diaryl/α,β-unsaturated/α-hetero) is 1. The van der Waals surface area contributed by atoms with Crippen molar-refractivity contribution in [3.63, 3.8) is 0 Å². The molecule has 2 N–H and O–H groups in total. The molecule has 0 radical (unpaired) electrons. The number of rotatable bonds is 5. The molecule has 2 aliphatic rings. The number of methoxy groups -OCH3 is 1. The zero-order valence-electron chi connectivity index (χ0n) is 17.6. The molecule has 0 saturated heterocycles. The number of hydrogen-bond donors (Lipinski definition) is 1. The van der Waals surface area contributed by atoms with Gasteiger partial charge in [0, 0.05) is 22.0 Å². The Balaban J connectivity index is 1.73. The first-order valence-electron chi connectivity index (χ1n) is 10.2. The van der Waals surface area contributed by atoms with Crippen LogP contribution in [0.1, 0.15) is 36.3 Å². The topological polar surface area (TPSA) is 87.9 Å². The fourth-order valence-corrected chi connectivity index (χ4v) is 4.99. The minimum atomic E-state index is -0.797. The number of esters is 1. The van der Waals surface area contributed by atoms with Crippen LogP contribution in [0.2, 0.25) is 10.0 Å². The number of ketones is 1. The highest BCUT2D eigenvalue weighted by atomic mass is 127. The van der Waals surface area contributed by atoms with E-state index in [9.17, 15) is 9.59 Å². The minimum absolute atomic E-state index is 0.0474. The van der Waals surface area contributed by atoms with Crippen LogP contribution in [-0.2, 0) is 25.7 Å². The van der Waals surface area contributed by atoms with Gasteiger partial charge in [0.2, 0.25) is 5.88 Å². The van der Waals surface area contributed by atoms with Crippen molar-refractivity contribution in [1.29, 1.82) is 0 Å². The predicted molar refractivity (Wildman–Crippen MR) is 133 cm³/mol. The number of allylic oxidation sites excluding steroid dienone is 2. The van der Waals surface area contributed by atoms with Gasteiger partial charge in [-0.15, -0.1) is 0 Å². The third kappa shape index (κ3) is 4.85. The molecule has 1 aliphatic carbocycles. The molecule has 1 aliphatic heterocycles. The summed E-state index contributed by atoms with van der Waals surface area (Å²) in [5.74, 6) is -0.905. The molecule has 0 saturated carbocycles. The van der Waals surface area contributed by atoms with E-state index in [1.807, 2.05) is 24.3 Å². The number of nitrogens with two attached hydrogens (primary N) is 1. The van der Waals surface area contributed by atoms with E-state index in [4.69, 9.17) is 43.1 Å². The van der Waals surface area contributed by atoms with Gasteiger partial charge in [-0.25, -0.2) is 4.79 Å². The Bertz CT molecular complexity index is 1170. The van der Waals surface area contributed by atoms with Gasteiger partial charge in [0.15, 0.2) is 11.5 Å². The summed E-state index contributed by atoms with van der Waals surface area (Å²) >= 11 is 15.3. The number of carbonyl (C=O) groups excluding carboxylic acids is 2. The predicted octanol–water partition coefficient (Wildman–Crippen LogP) is 5.64. The molecule has 2 aromatic rings. The zero-order chi connectivity index (χ0) is 23.7. The van der Waals surface area contributed by atoms with Crippen LogP contribution < -0.4 is 10.5 Å². The lowest BCUT2D eigenvalue weighted by Gasteiger charge is -2.32. The number of ether oxygens (including phenoxy) is 3. The van der Waals surface area contributed by atoms with Crippen molar-refractivity contribution in [3.05, 3.63) is 83.9 Å². The summed E-state index contributed by atoms with van der Waals surface area (Å²) in [6, 6.07) is 11.1. The first kappa shape index (κ1) is 23.9. The first-order chi connectivity index (χ1) is 15.8. The zero-order valence-corrected chi connectivity index (χ0v) is 21.3. The van der Waals surface area contributed by atoms with Crippen LogP contribution in [0.3, 0.4) is 0 Å². The maximum atomic E-state index is 12.9. The van der Waals surface area contributed by atoms with Crippen molar-refractivity contribution in [3.8, 4) is 5.75 Å². The van der Waals surface area contributed by atoms with Crippen molar-refractivity contribution in [2.45, 2.75) is 31.8 Å². The number of hydrogen-bond acceptors (Lipinski definition) is 6. The molecule has 0 aromatic heterocycles. The van der Waals surface area contributed by atoms with Crippen molar-refractivity contribution in [2.24, 2.45) is 5.73 Å². The van der Waals surface area contributed by atoms with Crippen LogP contribution in [0.5, 0.6) is 5.75 Å². The van der Waals surface area contributed by atoms with E-state index < -0.39 is 11.9 Å². The van der Waals surface area contributed by atoms with Crippen LogP contribution in [0.25, 0.3) is 0 Å². The van der Waals surface area contributed by atoms with Gasteiger partial charge in [-0.1, -0.05) is 35.3 Å². The second-order valence-electron chi connectivity index (χ2n) is 7.65. The van der Waals surface area contributed by atoms with Gasteiger partial charge in [-0.3, -0.25) is 4.79 Å². The van der Waals surface area contributed by atoms with E-state index in [0.717, 1.165) is 9.13 Å². The molecular weight excluding hydrogens is 580 g/mol. The molecule has 172 valence electrons. The highest BCUT2D eigenvalue weighted by molar-refractivity contribution is 14.1. The Morgan fingerprint density at radius 1 is 1.18 bits per heavy atom. The van der Waals surface area contributed by atoms with Gasteiger partial charge < -0.3 is 19.9 Å². The van der Waals surface area contributed by atoms with Gasteiger partial charge in [0.25, 0.3) is 0 Å². The quantitative estimate of drug-likeness (QED) is 0.353. The molecule has 0 spiro atoms. The monoisotopic (exact) mass is 599 g/mol. The molecule has 2 aromatic carbocycles. The third-order valence-electron chi connectivity index (χ3n) is 5.54. The van der Waals surface area contributed by atoms with E-state index in [0.29, 0.717) is 41.9 Å². The summed E-state index contributed by atoms with van der Waals surface area (Å²) in [7, 11) is 1.24. The van der Waals surface area contributed by atoms with Gasteiger partial charge in [0.05, 0.1) is 23.1 Å². The molecule has 0 unspecified atom stereocenters. The van der Waals surface area contributed by atoms with Crippen LogP contribution in [0.4, 0.5) is 0 Å². The maximum absolute atomic E-state index is 12.9. The smallest absolute Gasteiger partial charge is 0.340 e. The van der Waals surface area contributed by atoms with Gasteiger partial charge in [-0.2, -0.15) is 0 Å². The molecule has 1 heterocycles. The number of halogens is 3. The van der Waals surface area contributed by atoms with Crippen molar-refractivity contribution in [1.82, 2.24) is 0 Å². The first-order valence-corrected chi connectivity index (χ1v) is 12.0. The lowest BCUT2D eigenvalue weighted by Crippen LogP contribution is -2.31. The highest BCUT2D eigenvalue weighted by Crippen LogP contribution is 2.46. The number of carbonyl (C=O) groups is 2. The van der Waals surface area contributed by atoms with Crippen LogP contribution in [-0.4, -0.2) is 18.9 Å². The molecule has 9 heteroatoms. The molecule has 0 amide bonds. The molecule has 4 rings (SSSR count). The van der Waals surface area contributed by atoms with E-state index in [-0.39, 0.29) is 33.9 Å². The van der Waals surface area contributed by atoms with Gasteiger partial charge >= 0.3 is 5.97 Å². The second-order valence-corrected chi connectivity index (χ2v) is 9.71. The average molecular weight is 600 g/mol. The second kappa shape index (κ2) is 9.95. The van der Waals surface area contributed by atoms with E-state index in [1.54, 1.807) is 12.1 Å². The lowest BCUT2D eigenvalue weighted by atomic mass is 9.77. The Morgan fingerprint density at radius 2 is 1.85 bits per heavy atom. The summed E-state index contributed by atoms with van der Waals surface area (Å²) in [6.07, 6.45) is 1.55. The SMILES string of the molecule is COC(=O)C1=C(N)OC2=C(C(=O)CCC2)[C@H]1c1cc(Cl)c(OCc2ccc(I)cc2)c(Cl)c1. The fourth-order valence-electron chi connectivity index (χ4n) is 4.02. The van der Waals surface area contributed by atoms with E-state index in [1.165, 1.54) is 7.11 Å². The Kier molecular flexibility index (Phi) is 7.21. The van der Waals surface area contributed by atoms with Crippen LogP contribution >= 0.6 is 45.8 Å². The van der Waals surface area contributed by atoms with Crippen molar-refractivity contribution < 1.29 is 23.8 Å². The molecule has 33 heavy (non-hydrogen) atoms. The summed E-state index contributed by atoms with van der Waals surface area (Å²) in [4.78, 5) is 25.4. The summed E-state index contributed by atoms with van der Waals surface area (Å²) in [5.41, 5.74) is 8.01. The molecule has 0 fully saturated rings. The van der Waals surface area contributed by atoms with Gasteiger partial charge in [-0.05, 0) is 64.4 Å². The fraction of sp³-hybridized carbons (Fsp3) is 0.250. The van der Waals surface area contributed by atoms with E-state index in [2.05, 4.69) is 22.6 Å². The molecule has 0 bridgehead atoms. The standard InChI is InChI=1S/C24H20Cl2INO5/c1-31-24(30)21-19(20-17(29)3-2-4-18(20)33-23(21)28)13-9-15(25)22(16(26)10-13)32-11-12-5-7-14(27)8-6-12/h5-10,19H,2-4,11,28H2,1H3/t19-/m1/s1. The largest absolute Gasteiger partial charge is 0.486 e. The summed E-state index contributed by atoms with van der Waals surface area (Å²) in [6.45, 7) is 0.279. The molecular formula is C24H20Cl2INO5. The van der Waals surface area contributed by atoms with Gasteiger partial charge in [0.1, 0.15) is 17.9 Å². The van der Waals surface area contributed by atoms with E-state index >= 15 is 0 Å². The lowest BCUT2D eigenvalue weighted by molar-refractivity contribution is -0.136. The maximum Gasteiger partial charge on any atom is 0.340 e. The Hall–Kier alpha value is -2.23. The molecule has 6 nitrogen and oxygen atoms in total. The summed E-state index contributed by atoms with van der Waals surface area (Å²) < 4.78 is 17.6. The van der Waals surface area contributed by atoms with Crippen molar-refractivity contribution in [2.75, 3.05) is 7.11 Å². The van der Waals surface area contributed by atoms with Crippen LogP contribution in [0, 0.1) is 3.57 Å².